The lowest BCUT2D eigenvalue weighted by Gasteiger charge is -2.29. The molecule has 0 spiro atoms. The van der Waals surface area contributed by atoms with Gasteiger partial charge in [-0.2, -0.15) is 0 Å². The molecule has 2 aromatic carbocycles. The van der Waals surface area contributed by atoms with Crippen molar-refractivity contribution in [2.75, 3.05) is 31.6 Å². The van der Waals surface area contributed by atoms with Crippen LogP contribution in [-0.2, 0) is 6.42 Å². The molecule has 0 amide bonds. The molecule has 3 nitrogen and oxygen atoms in total. The van der Waals surface area contributed by atoms with E-state index in [2.05, 4.69) is 83.9 Å². The number of para-hydroxylation sites is 1. The van der Waals surface area contributed by atoms with Crippen LogP contribution in [0.3, 0.4) is 0 Å². The Balaban J connectivity index is 1.39. The number of nitrogens with one attached hydrogen (secondary N) is 1. The zero-order chi connectivity index (χ0) is 21.5. The third-order valence-electron chi connectivity index (χ3n) is 6.14. The van der Waals surface area contributed by atoms with E-state index in [1.165, 1.54) is 41.0 Å². The largest absolute Gasteiger partial charge is 0.497 e. The van der Waals surface area contributed by atoms with E-state index in [1.54, 1.807) is 7.11 Å². The lowest BCUT2D eigenvalue weighted by Crippen LogP contribution is -2.31. The second kappa shape index (κ2) is 10.9. The Hall–Kier alpha value is -2.17. The molecule has 0 saturated heterocycles. The van der Waals surface area contributed by atoms with Gasteiger partial charge in [-0.15, -0.1) is 11.8 Å². The van der Waals surface area contributed by atoms with Gasteiger partial charge in [-0.05, 0) is 74.5 Å². The molecule has 1 aliphatic carbocycles. The summed E-state index contributed by atoms with van der Waals surface area (Å²) < 4.78 is 5.47. The first-order chi connectivity index (χ1) is 15.2. The Kier molecular flexibility index (Phi) is 7.76. The molecule has 164 valence electrons. The zero-order valence-electron chi connectivity index (χ0n) is 18.7. The Morgan fingerprint density at radius 2 is 2.06 bits per heavy atom. The molecule has 2 aromatic rings. The molecular formula is C27H34N2OS. The highest BCUT2D eigenvalue weighted by Gasteiger charge is 2.20. The SMILES string of the molecule is COc1ccc2c(c1)C(NCCCN1C/C=C\C=C/[C@@H](C)Sc3ccccc31)CCC2. The second-order valence-electron chi connectivity index (χ2n) is 8.37. The molecule has 1 N–H and O–H groups in total. The molecule has 1 unspecified atom stereocenters. The summed E-state index contributed by atoms with van der Waals surface area (Å²) in [5.41, 5.74) is 4.25. The molecule has 0 fully saturated rings. The molecule has 4 rings (SSSR count). The van der Waals surface area contributed by atoms with Crippen molar-refractivity contribution >= 4 is 17.4 Å². The highest BCUT2D eigenvalue weighted by Crippen LogP contribution is 2.34. The van der Waals surface area contributed by atoms with Gasteiger partial charge in [0.25, 0.3) is 0 Å². The van der Waals surface area contributed by atoms with Crippen LogP contribution in [-0.4, -0.2) is 32.0 Å². The van der Waals surface area contributed by atoms with E-state index in [4.69, 9.17) is 4.74 Å². The summed E-state index contributed by atoms with van der Waals surface area (Å²) in [5, 5.41) is 4.30. The number of anilines is 1. The van der Waals surface area contributed by atoms with Crippen LogP contribution in [0.15, 0.2) is 71.7 Å². The zero-order valence-corrected chi connectivity index (χ0v) is 19.5. The predicted octanol–water partition coefficient (Wildman–Crippen LogP) is 6.17. The number of fused-ring (bicyclic) bond motifs is 2. The molecule has 2 aliphatic rings. The van der Waals surface area contributed by atoms with Crippen molar-refractivity contribution in [1.29, 1.82) is 0 Å². The monoisotopic (exact) mass is 434 g/mol. The number of aryl methyl sites for hydroxylation is 1. The van der Waals surface area contributed by atoms with Crippen LogP contribution in [0.25, 0.3) is 0 Å². The maximum atomic E-state index is 5.47. The third kappa shape index (κ3) is 5.75. The van der Waals surface area contributed by atoms with Crippen LogP contribution in [0.1, 0.15) is 43.4 Å². The molecule has 0 aromatic heterocycles. The highest BCUT2D eigenvalue weighted by atomic mass is 32.2. The van der Waals surface area contributed by atoms with Crippen LogP contribution in [0, 0.1) is 0 Å². The number of hydrogen-bond acceptors (Lipinski definition) is 4. The minimum atomic E-state index is 0.437. The minimum absolute atomic E-state index is 0.437. The van der Waals surface area contributed by atoms with Crippen molar-refractivity contribution in [3.8, 4) is 5.75 Å². The van der Waals surface area contributed by atoms with E-state index in [0.717, 1.165) is 31.8 Å². The van der Waals surface area contributed by atoms with Crippen LogP contribution in [0.5, 0.6) is 5.75 Å². The van der Waals surface area contributed by atoms with Crippen molar-refractivity contribution in [1.82, 2.24) is 5.32 Å². The van der Waals surface area contributed by atoms with Crippen LogP contribution in [0.2, 0.25) is 0 Å². The first-order valence-electron chi connectivity index (χ1n) is 11.5. The van der Waals surface area contributed by atoms with Crippen molar-refractivity contribution in [2.24, 2.45) is 0 Å². The van der Waals surface area contributed by atoms with Gasteiger partial charge in [0.05, 0.1) is 12.8 Å². The topological polar surface area (TPSA) is 24.5 Å². The fourth-order valence-corrected chi connectivity index (χ4v) is 5.56. The number of hydrogen-bond donors (Lipinski definition) is 1. The van der Waals surface area contributed by atoms with E-state index in [-0.39, 0.29) is 0 Å². The molecule has 2 atom stereocenters. The fourth-order valence-electron chi connectivity index (χ4n) is 4.52. The van der Waals surface area contributed by atoms with Gasteiger partial charge in [0, 0.05) is 29.3 Å². The fraction of sp³-hybridized carbons (Fsp3) is 0.407. The first kappa shape index (κ1) is 22.0. The summed E-state index contributed by atoms with van der Waals surface area (Å²) in [7, 11) is 1.75. The Morgan fingerprint density at radius 1 is 1.16 bits per heavy atom. The van der Waals surface area contributed by atoms with Crippen molar-refractivity contribution in [2.45, 2.75) is 48.8 Å². The molecule has 0 bridgehead atoms. The summed E-state index contributed by atoms with van der Waals surface area (Å²) in [6.45, 7) is 5.27. The minimum Gasteiger partial charge on any atom is -0.497 e. The molecular weight excluding hydrogens is 400 g/mol. The maximum absolute atomic E-state index is 5.47. The van der Waals surface area contributed by atoms with Crippen LogP contribution >= 0.6 is 11.8 Å². The normalized spacial score (nSPS) is 22.8. The van der Waals surface area contributed by atoms with Crippen molar-refractivity contribution < 1.29 is 4.74 Å². The summed E-state index contributed by atoms with van der Waals surface area (Å²) in [5.74, 6) is 0.962. The van der Waals surface area contributed by atoms with Crippen LogP contribution in [0.4, 0.5) is 5.69 Å². The van der Waals surface area contributed by atoms with Gasteiger partial charge >= 0.3 is 0 Å². The van der Waals surface area contributed by atoms with E-state index in [1.807, 2.05) is 11.8 Å². The van der Waals surface area contributed by atoms with Gasteiger partial charge in [-0.3, -0.25) is 0 Å². The lowest BCUT2D eigenvalue weighted by molar-refractivity contribution is 0.408. The Bertz CT molecular complexity index is 923. The standard InChI is InChI=1S/C27H34N2OS/c1-21-10-4-3-7-18-29(26-13-5-6-14-27(26)31-21)19-9-17-28-25-12-8-11-22-15-16-23(30-2)20-24(22)25/h3-7,10,13-16,20-21,25,28H,8-9,11-12,17-19H2,1-2H3/b7-3-,10-4-/t21-,25?/m1/s1. The van der Waals surface area contributed by atoms with Gasteiger partial charge in [0.2, 0.25) is 0 Å². The average Bonchev–Trinajstić information content (AvgIpc) is 2.80. The maximum Gasteiger partial charge on any atom is 0.119 e. The smallest absolute Gasteiger partial charge is 0.119 e. The number of nitrogens with zero attached hydrogens (tertiary/aromatic N) is 1. The summed E-state index contributed by atoms with van der Waals surface area (Å²) in [6, 6.07) is 15.8. The molecule has 1 heterocycles. The van der Waals surface area contributed by atoms with E-state index < -0.39 is 0 Å². The van der Waals surface area contributed by atoms with E-state index in [0.29, 0.717) is 11.3 Å². The number of thioether (sulfide) groups is 1. The number of ether oxygens (including phenoxy) is 1. The summed E-state index contributed by atoms with van der Waals surface area (Å²) in [4.78, 5) is 3.89. The van der Waals surface area contributed by atoms with Crippen molar-refractivity contribution in [3.05, 3.63) is 77.9 Å². The predicted molar refractivity (Wildman–Crippen MR) is 134 cm³/mol. The van der Waals surface area contributed by atoms with Gasteiger partial charge in [0.15, 0.2) is 0 Å². The first-order valence-corrected chi connectivity index (χ1v) is 12.4. The average molecular weight is 435 g/mol. The van der Waals surface area contributed by atoms with E-state index in [9.17, 15) is 0 Å². The second-order valence-corrected chi connectivity index (χ2v) is 9.79. The quantitative estimate of drug-likeness (QED) is 0.550. The molecule has 4 heteroatoms. The molecule has 1 aliphatic heterocycles. The molecule has 31 heavy (non-hydrogen) atoms. The number of methoxy groups -OCH3 is 1. The highest BCUT2D eigenvalue weighted by molar-refractivity contribution is 8.00. The lowest BCUT2D eigenvalue weighted by atomic mass is 9.87. The third-order valence-corrected chi connectivity index (χ3v) is 7.26. The Morgan fingerprint density at radius 3 is 2.97 bits per heavy atom. The van der Waals surface area contributed by atoms with Gasteiger partial charge in [-0.1, -0.05) is 42.5 Å². The summed E-state index contributed by atoms with van der Waals surface area (Å²) in [6.07, 6.45) is 13.7. The number of benzene rings is 2. The summed E-state index contributed by atoms with van der Waals surface area (Å²) >= 11 is 1.94. The van der Waals surface area contributed by atoms with Gasteiger partial charge in [0.1, 0.15) is 5.75 Å². The number of rotatable bonds is 6. The van der Waals surface area contributed by atoms with Gasteiger partial charge in [-0.25, -0.2) is 0 Å². The van der Waals surface area contributed by atoms with Crippen LogP contribution < -0.4 is 15.0 Å². The van der Waals surface area contributed by atoms with Crippen molar-refractivity contribution in [3.63, 3.8) is 0 Å². The molecule has 0 radical (unpaired) electrons. The Labute approximate surface area is 191 Å². The van der Waals surface area contributed by atoms with E-state index >= 15 is 0 Å². The molecule has 0 saturated carbocycles. The van der Waals surface area contributed by atoms with Gasteiger partial charge < -0.3 is 15.0 Å². The number of allylic oxidation sites excluding steroid dienone is 2.